The van der Waals surface area contributed by atoms with Crippen LogP contribution in [0, 0.1) is 0 Å². The van der Waals surface area contributed by atoms with E-state index in [2.05, 4.69) is 29.2 Å². The van der Waals surface area contributed by atoms with Crippen molar-refractivity contribution >= 4 is 5.69 Å². The predicted octanol–water partition coefficient (Wildman–Crippen LogP) is 1.61. The molecule has 0 aromatic heterocycles. The highest BCUT2D eigenvalue weighted by Gasteiger charge is 2.22. The van der Waals surface area contributed by atoms with Gasteiger partial charge >= 0.3 is 0 Å². The molecule has 23 heavy (non-hydrogen) atoms. The number of nitrogens with one attached hydrogen (secondary N) is 1. The molecule has 2 aromatic carbocycles. The van der Waals surface area contributed by atoms with Crippen LogP contribution in [0.3, 0.4) is 0 Å². The van der Waals surface area contributed by atoms with Gasteiger partial charge in [-0.2, -0.15) is 0 Å². The lowest BCUT2D eigenvalue weighted by Gasteiger charge is -2.34. The van der Waals surface area contributed by atoms with E-state index in [1.165, 1.54) is 11.3 Å². The lowest BCUT2D eigenvalue weighted by molar-refractivity contribution is -0.914. The average molecular weight is 313 g/mol. The summed E-state index contributed by atoms with van der Waals surface area (Å²) in [6.07, 6.45) is 0. The third-order valence-electron chi connectivity index (χ3n) is 4.53. The van der Waals surface area contributed by atoms with E-state index in [1.54, 1.807) is 19.1 Å². The second kappa shape index (κ2) is 7.38. The first-order valence-corrected chi connectivity index (χ1v) is 8.15. The first-order chi connectivity index (χ1) is 11.3. The monoisotopic (exact) mass is 313 g/mol. The number of hydrogen-bond donors (Lipinski definition) is 1. The molecule has 1 heterocycles. The number of piperazine rings is 1. The molecule has 1 fully saturated rings. The number of rotatable bonds is 5. The molecule has 1 N–H and O–H groups in total. The molecule has 0 atom stereocenters. The molecule has 0 bridgehead atoms. The third-order valence-corrected chi connectivity index (χ3v) is 4.53. The van der Waals surface area contributed by atoms with Gasteiger partial charge in [-0.25, -0.2) is 0 Å². The molecule has 0 aliphatic carbocycles. The zero-order valence-corrected chi connectivity index (χ0v) is 13.9. The van der Waals surface area contributed by atoms with Gasteiger partial charge < -0.3 is 19.3 Å². The highest BCUT2D eigenvalue weighted by atomic mass is 16.5. The van der Waals surface area contributed by atoms with Crippen molar-refractivity contribution in [3.63, 3.8) is 0 Å². The lowest BCUT2D eigenvalue weighted by atomic mass is 10.1. The largest absolute Gasteiger partial charge is 0.496 e. The van der Waals surface area contributed by atoms with Crippen molar-refractivity contribution in [2.75, 3.05) is 45.3 Å². The first kappa shape index (κ1) is 15.7. The summed E-state index contributed by atoms with van der Waals surface area (Å²) >= 11 is 0. The van der Waals surface area contributed by atoms with Gasteiger partial charge in [-0.3, -0.25) is 0 Å². The minimum Gasteiger partial charge on any atom is -0.496 e. The average Bonchev–Trinajstić information content (AvgIpc) is 2.63. The van der Waals surface area contributed by atoms with Crippen LogP contribution in [-0.2, 0) is 6.54 Å². The summed E-state index contributed by atoms with van der Waals surface area (Å²) in [5, 5.41) is 0. The Morgan fingerprint density at radius 3 is 2.17 bits per heavy atom. The summed E-state index contributed by atoms with van der Waals surface area (Å²) in [4.78, 5) is 4.02. The van der Waals surface area contributed by atoms with E-state index in [0.29, 0.717) is 0 Å². The molecule has 1 aliphatic heterocycles. The number of para-hydroxylation sites is 3. The first-order valence-electron chi connectivity index (χ1n) is 8.15. The topological polar surface area (TPSA) is 26.1 Å². The van der Waals surface area contributed by atoms with Crippen molar-refractivity contribution in [2.24, 2.45) is 0 Å². The summed E-state index contributed by atoms with van der Waals surface area (Å²) in [7, 11) is 3.48. The van der Waals surface area contributed by atoms with Crippen molar-refractivity contribution in [1.82, 2.24) is 0 Å². The van der Waals surface area contributed by atoms with Crippen LogP contribution in [0.15, 0.2) is 48.5 Å². The smallest absolute Gasteiger partial charge is 0.142 e. The number of benzene rings is 2. The van der Waals surface area contributed by atoms with Crippen molar-refractivity contribution < 1.29 is 14.4 Å². The van der Waals surface area contributed by atoms with Crippen molar-refractivity contribution in [3.05, 3.63) is 54.1 Å². The normalized spacial score (nSPS) is 15.5. The van der Waals surface area contributed by atoms with Gasteiger partial charge in [0.05, 0.1) is 46.1 Å². The van der Waals surface area contributed by atoms with E-state index in [9.17, 15) is 0 Å². The molecule has 0 amide bonds. The molecule has 1 saturated heterocycles. The fourth-order valence-corrected chi connectivity index (χ4v) is 3.25. The maximum Gasteiger partial charge on any atom is 0.142 e. The van der Waals surface area contributed by atoms with Crippen LogP contribution in [-0.4, -0.2) is 40.4 Å². The minimum absolute atomic E-state index is 0.959. The lowest BCUT2D eigenvalue weighted by Crippen LogP contribution is -3.13. The zero-order valence-electron chi connectivity index (χ0n) is 13.9. The highest BCUT2D eigenvalue weighted by molar-refractivity contribution is 5.58. The Labute approximate surface area is 138 Å². The SMILES string of the molecule is COc1ccccc1C[NH+]1CCN(c2ccccc2OC)CC1. The summed E-state index contributed by atoms with van der Waals surface area (Å²) in [5.41, 5.74) is 2.49. The van der Waals surface area contributed by atoms with Gasteiger partial charge in [-0.15, -0.1) is 0 Å². The number of hydrogen-bond acceptors (Lipinski definition) is 3. The van der Waals surface area contributed by atoms with Gasteiger partial charge in [0.1, 0.15) is 18.0 Å². The molecule has 2 aromatic rings. The second-order valence-corrected chi connectivity index (χ2v) is 5.90. The standard InChI is InChI=1S/C19H24N2O2/c1-22-18-9-5-3-7-16(18)15-20-11-13-21(14-12-20)17-8-4-6-10-19(17)23-2/h3-10H,11-15H2,1-2H3/p+1. The molecule has 0 spiro atoms. The van der Waals surface area contributed by atoms with Crippen LogP contribution in [0.2, 0.25) is 0 Å². The van der Waals surface area contributed by atoms with E-state index in [0.717, 1.165) is 44.2 Å². The number of ether oxygens (including phenoxy) is 2. The van der Waals surface area contributed by atoms with Gasteiger partial charge in [0.25, 0.3) is 0 Å². The molecule has 1 aliphatic rings. The highest BCUT2D eigenvalue weighted by Crippen LogP contribution is 2.27. The minimum atomic E-state index is 0.959. The van der Waals surface area contributed by atoms with Gasteiger partial charge in [-0.05, 0) is 24.3 Å². The van der Waals surface area contributed by atoms with Gasteiger partial charge in [0.15, 0.2) is 0 Å². The van der Waals surface area contributed by atoms with Crippen LogP contribution in [0.4, 0.5) is 5.69 Å². The van der Waals surface area contributed by atoms with Gasteiger partial charge in [-0.1, -0.05) is 24.3 Å². The van der Waals surface area contributed by atoms with Crippen molar-refractivity contribution in [2.45, 2.75) is 6.54 Å². The fraction of sp³-hybridized carbons (Fsp3) is 0.368. The van der Waals surface area contributed by atoms with Crippen LogP contribution in [0.25, 0.3) is 0 Å². The van der Waals surface area contributed by atoms with E-state index in [-0.39, 0.29) is 0 Å². The Morgan fingerprint density at radius 2 is 1.48 bits per heavy atom. The second-order valence-electron chi connectivity index (χ2n) is 5.90. The van der Waals surface area contributed by atoms with E-state index in [4.69, 9.17) is 9.47 Å². The van der Waals surface area contributed by atoms with Crippen LogP contribution in [0.5, 0.6) is 11.5 Å². The summed E-state index contributed by atoms with van der Waals surface area (Å²) in [6.45, 7) is 5.35. The Kier molecular flexibility index (Phi) is 5.03. The fourth-order valence-electron chi connectivity index (χ4n) is 3.25. The molecule has 3 rings (SSSR count). The van der Waals surface area contributed by atoms with Crippen LogP contribution in [0.1, 0.15) is 5.56 Å². The van der Waals surface area contributed by atoms with Crippen LogP contribution < -0.4 is 19.3 Å². The van der Waals surface area contributed by atoms with Gasteiger partial charge in [0, 0.05) is 5.56 Å². The van der Waals surface area contributed by atoms with Gasteiger partial charge in [0.2, 0.25) is 0 Å². The molecular formula is C19H25N2O2+. The summed E-state index contributed by atoms with van der Waals surface area (Å²) in [5.74, 6) is 1.95. The van der Waals surface area contributed by atoms with E-state index >= 15 is 0 Å². The number of quaternary nitrogens is 1. The quantitative estimate of drug-likeness (QED) is 0.908. The molecular weight excluding hydrogens is 288 g/mol. The molecule has 0 unspecified atom stereocenters. The summed E-state index contributed by atoms with van der Waals surface area (Å²) in [6, 6.07) is 16.6. The summed E-state index contributed by atoms with van der Waals surface area (Å²) < 4.78 is 11.0. The van der Waals surface area contributed by atoms with E-state index in [1.807, 2.05) is 24.3 Å². The Bertz CT molecular complexity index is 637. The molecule has 4 nitrogen and oxygen atoms in total. The molecule has 122 valence electrons. The van der Waals surface area contributed by atoms with Crippen molar-refractivity contribution in [1.29, 1.82) is 0 Å². The third kappa shape index (κ3) is 3.59. The number of anilines is 1. The molecule has 0 radical (unpaired) electrons. The Morgan fingerprint density at radius 1 is 0.870 bits per heavy atom. The van der Waals surface area contributed by atoms with Crippen LogP contribution >= 0.6 is 0 Å². The number of methoxy groups -OCH3 is 2. The Balaban J connectivity index is 1.62. The van der Waals surface area contributed by atoms with E-state index < -0.39 is 0 Å². The predicted molar refractivity (Wildman–Crippen MR) is 92.6 cm³/mol. The van der Waals surface area contributed by atoms with Crippen molar-refractivity contribution in [3.8, 4) is 11.5 Å². The maximum atomic E-state index is 5.49. The zero-order chi connectivity index (χ0) is 16.1. The molecule has 0 saturated carbocycles. The maximum absolute atomic E-state index is 5.49. The Hall–Kier alpha value is -2.20. The number of nitrogens with zero attached hydrogens (tertiary/aromatic N) is 1. The molecule has 4 heteroatoms.